The number of hydrogen-bond donors (Lipinski definition) is 4. The number of pyridine rings is 1. The Hall–Kier alpha value is -4.07. The molecule has 2 heterocycles. The number of halogens is 5. The monoisotopic (exact) mass is 526 g/mol. The fourth-order valence-corrected chi connectivity index (χ4v) is 3.52. The van der Waals surface area contributed by atoms with Gasteiger partial charge in [-0.2, -0.15) is 13.2 Å². The number of anilines is 2. The quantitative estimate of drug-likeness (QED) is 0.238. The Morgan fingerprint density at radius 3 is 2.62 bits per heavy atom. The molecule has 9 nitrogen and oxygen atoms in total. The number of nitrogens with zero attached hydrogens (tertiary/aromatic N) is 2. The first-order valence-electron chi connectivity index (χ1n) is 10.8. The molecule has 0 aliphatic carbocycles. The van der Waals surface area contributed by atoms with Gasteiger partial charge in [0.25, 0.3) is 5.91 Å². The van der Waals surface area contributed by atoms with Gasteiger partial charge in [-0.05, 0) is 18.2 Å². The zero-order chi connectivity index (χ0) is 27.2. The predicted octanol–water partition coefficient (Wildman–Crippen LogP) is 2.56. The Bertz CT molecular complexity index is 1230. The highest BCUT2D eigenvalue weighted by Gasteiger charge is 2.44. The van der Waals surface area contributed by atoms with Crippen LogP contribution in [0.4, 0.5) is 33.3 Å². The van der Waals surface area contributed by atoms with Gasteiger partial charge >= 0.3 is 6.18 Å². The lowest BCUT2D eigenvalue weighted by atomic mass is 9.96. The SMILES string of the molecule is CN=CC(=CN)C(=O)N[C@@]1(C(=O)NCc2ncc(Nc3ccc(F)cc3C(F)(F)F)cc2F)CCOC1. The molecule has 1 fully saturated rings. The van der Waals surface area contributed by atoms with E-state index in [-0.39, 0.29) is 43.1 Å². The summed E-state index contributed by atoms with van der Waals surface area (Å²) in [6.07, 6.45) is -1.39. The van der Waals surface area contributed by atoms with Crippen LogP contribution in [0.15, 0.2) is 47.2 Å². The highest BCUT2D eigenvalue weighted by Crippen LogP contribution is 2.36. The Morgan fingerprint density at radius 1 is 1.27 bits per heavy atom. The molecule has 1 aromatic carbocycles. The van der Waals surface area contributed by atoms with Crippen LogP contribution in [0.3, 0.4) is 0 Å². The minimum atomic E-state index is -4.85. The second-order valence-corrected chi connectivity index (χ2v) is 8.00. The van der Waals surface area contributed by atoms with Gasteiger partial charge in [0.05, 0.1) is 47.6 Å². The van der Waals surface area contributed by atoms with Crippen LogP contribution < -0.4 is 21.7 Å². The van der Waals surface area contributed by atoms with Crippen LogP contribution in [0.1, 0.15) is 17.7 Å². The van der Waals surface area contributed by atoms with Crippen molar-refractivity contribution >= 4 is 29.4 Å². The number of aliphatic imine (C=N–C) groups is 1. The van der Waals surface area contributed by atoms with E-state index in [2.05, 4.69) is 25.9 Å². The van der Waals surface area contributed by atoms with Crippen molar-refractivity contribution in [3.63, 3.8) is 0 Å². The molecule has 2 aromatic rings. The van der Waals surface area contributed by atoms with Crippen molar-refractivity contribution < 1.29 is 36.3 Å². The summed E-state index contributed by atoms with van der Waals surface area (Å²) in [4.78, 5) is 33.0. The highest BCUT2D eigenvalue weighted by atomic mass is 19.4. The summed E-state index contributed by atoms with van der Waals surface area (Å²) in [5, 5.41) is 7.44. The van der Waals surface area contributed by atoms with E-state index in [0.29, 0.717) is 6.07 Å². The largest absolute Gasteiger partial charge is 0.418 e. The number of carbonyl (C=O) groups excluding carboxylic acids is 2. The molecule has 37 heavy (non-hydrogen) atoms. The zero-order valence-electron chi connectivity index (χ0n) is 19.5. The zero-order valence-corrected chi connectivity index (χ0v) is 19.5. The van der Waals surface area contributed by atoms with Crippen LogP contribution in [-0.4, -0.2) is 48.8 Å². The Balaban J connectivity index is 1.71. The van der Waals surface area contributed by atoms with Crippen molar-refractivity contribution in [3.05, 3.63) is 65.1 Å². The maximum Gasteiger partial charge on any atom is 0.418 e. The number of hydrogen-bond acceptors (Lipinski definition) is 7. The van der Waals surface area contributed by atoms with Crippen LogP contribution in [0.25, 0.3) is 0 Å². The number of alkyl halides is 3. The molecule has 0 radical (unpaired) electrons. The smallest absolute Gasteiger partial charge is 0.404 e. The molecule has 0 saturated carbocycles. The highest BCUT2D eigenvalue weighted by molar-refractivity contribution is 6.13. The van der Waals surface area contributed by atoms with Gasteiger partial charge in [0.2, 0.25) is 5.91 Å². The number of rotatable bonds is 8. The average Bonchev–Trinajstić information content (AvgIpc) is 3.31. The molecule has 1 aliphatic rings. The number of aromatic nitrogens is 1. The molecule has 1 atom stereocenters. The number of amides is 2. The molecule has 5 N–H and O–H groups in total. The van der Waals surface area contributed by atoms with Crippen molar-refractivity contribution in [2.45, 2.75) is 24.7 Å². The van der Waals surface area contributed by atoms with E-state index in [1.807, 2.05) is 0 Å². The summed E-state index contributed by atoms with van der Waals surface area (Å²) in [5.41, 5.74) is 1.90. The van der Waals surface area contributed by atoms with Crippen molar-refractivity contribution in [1.82, 2.24) is 15.6 Å². The molecule has 2 amide bonds. The van der Waals surface area contributed by atoms with Gasteiger partial charge in [0, 0.05) is 38.6 Å². The van der Waals surface area contributed by atoms with Gasteiger partial charge in [-0.15, -0.1) is 0 Å². The summed E-state index contributed by atoms with van der Waals surface area (Å²) in [6, 6.07) is 2.91. The number of nitrogens with two attached hydrogens (primary N) is 1. The first kappa shape index (κ1) is 27.5. The van der Waals surface area contributed by atoms with Crippen LogP contribution >= 0.6 is 0 Å². The molecule has 0 spiro atoms. The number of carbonyl (C=O) groups is 2. The lowest BCUT2D eigenvalue weighted by molar-refractivity contribution is -0.137. The summed E-state index contributed by atoms with van der Waals surface area (Å²) < 4.78 is 72.9. The fraction of sp³-hybridized carbons (Fsp3) is 0.304. The molecule has 3 rings (SSSR count). The maximum absolute atomic E-state index is 14.7. The van der Waals surface area contributed by atoms with E-state index in [0.717, 1.165) is 30.6 Å². The van der Waals surface area contributed by atoms with E-state index in [4.69, 9.17) is 10.5 Å². The van der Waals surface area contributed by atoms with Gasteiger partial charge in [-0.3, -0.25) is 19.6 Å². The van der Waals surface area contributed by atoms with Crippen molar-refractivity contribution in [2.24, 2.45) is 10.7 Å². The number of benzene rings is 1. The van der Waals surface area contributed by atoms with Gasteiger partial charge in [0.15, 0.2) is 0 Å². The lowest BCUT2D eigenvalue weighted by Gasteiger charge is -2.27. The van der Waals surface area contributed by atoms with E-state index < -0.39 is 46.4 Å². The Labute approximate surface area is 208 Å². The molecular weight excluding hydrogens is 503 g/mol. The normalized spacial score (nSPS) is 18.2. The minimum Gasteiger partial charge on any atom is -0.404 e. The second-order valence-electron chi connectivity index (χ2n) is 8.00. The van der Waals surface area contributed by atoms with E-state index in [9.17, 15) is 31.5 Å². The van der Waals surface area contributed by atoms with E-state index >= 15 is 0 Å². The van der Waals surface area contributed by atoms with Crippen molar-refractivity contribution in [3.8, 4) is 0 Å². The van der Waals surface area contributed by atoms with Crippen molar-refractivity contribution in [1.29, 1.82) is 0 Å². The second kappa shape index (κ2) is 11.3. The summed E-state index contributed by atoms with van der Waals surface area (Å²) in [7, 11) is 1.44. The lowest BCUT2D eigenvalue weighted by Crippen LogP contribution is -2.59. The van der Waals surface area contributed by atoms with Gasteiger partial charge in [0.1, 0.15) is 17.2 Å². The Morgan fingerprint density at radius 2 is 2.03 bits per heavy atom. The standard InChI is InChI=1S/C23H23F5N6O3/c1-30-9-13(8-29)20(35)34-22(4-5-37-12-22)21(36)32-11-19-17(25)7-15(10-31-19)33-18-3-2-14(24)6-16(18)23(26,27)28/h2-3,6-10,33H,4-5,11-12,29H2,1H3,(H,32,36)(H,34,35)/t22-/m0/s1. The third-order valence-corrected chi connectivity index (χ3v) is 5.42. The number of nitrogens with one attached hydrogen (secondary N) is 3. The third-order valence-electron chi connectivity index (χ3n) is 5.42. The van der Waals surface area contributed by atoms with Crippen LogP contribution in [0.2, 0.25) is 0 Å². The van der Waals surface area contributed by atoms with Gasteiger partial charge < -0.3 is 26.4 Å². The topological polar surface area (TPSA) is 131 Å². The minimum absolute atomic E-state index is 0.0206. The molecule has 198 valence electrons. The van der Waals surface area contributed by atoms with Gasteiger partial charge in [-0.25, -0.2) is 8.78 Å². The molecule has 1 aromatic heterocycles. The van der Waals surface area contributed by atoms with Crippen LogP contribution in [-0.2, 0) is 27.0 Å². The first-order valence-corrected chi connectivity index (χ1v) is 10.8. The molecule has 1 aliphatic heterocycles. The van der Waals surface area contributed by atoms with Crippen LogP contribution in [0, 0.1) is 11.6 Å². The summed E-state index contributed by atoms with van der Waals surface area (Å²) in [5.74, 6) is -3.32. The molecule has 0 unspecified atom stereocenters. The molecular formula is C23H23F5N6O3. The Kier molecular flexibility index (Phi) is 8.42. The third kappa shape index (κ3) is 6.58. The maximum atomic E-state index is 14.7. The summed E-state index contributed by atoms with van der Waals surface area (Å²) >= 11 is 0. The predicted molar refractivity (Wildman–Crippen MR) is 124 cm³/mol. The number of ether oxygens (including phenoxy) is 1. The molecule has 0 bridgehead atoms. The summed E-state index contributed by atoms with van der Waals surface area (Å²) in [6.45, 7) is -0.333. The van der Waals surface area contributed by atoms with Crippen molar-refractivity contribution in [2.75, 3.05) is 25.6 Å². The van der Waals surface area contributed by atoms with Crippen LogP contribution in [0.5, 0.6) is 0 Å². The molecule has 14 heteroatoms. The first-order chi connectivity index (χ1) is 17.5. The average molecular weight is 526 g/mol. The van der Waals surface area contributed by atoms with Gasteiger partial charge in [-0.1, -0.05) is 0 Å². The van der Waals surface area contributed by atoms with E-state index in [1.54, 1.807) is 0 Å². The fourth-order valence-electron chi connectivity index (χ4n) is 3.52. The van der Waals surface area contributed by atoms with E-state index in [1.165, 1.54) is 13.3 Å². The molecule has 1 saturated heterocycles.